The number of hydrogen-bond donors (Lipinski definition) is 1. The highest BCUT2D eigenvalue weighted by Gasteiger charge is 2.19. The van der Waals surface area contributed by atoms with Crippen LogP contribution in [0.1, 0.15) is 5.56 Å². The van der Waals surface area contributed by atoms with Gasteiger partial charge in [-0.15, -0.1) is 0 Å². The number of nitro benzene ring substituents is 1. The van der Waals surface area contributed by atoms with Crippen LogP contribution in [0.3, 0.4) is 0 Å². The topological polar surface area (TPSA) is 102 Å². The van der Waals surface area contributed by atoms with Crippen LogP contribution in [0.15, 0.2) is 24.3 Å². The van der Waals surface area contributed by atoms with Crippen LogP contribution in [0.25, 0.3) is 0 Å². The molecular formula is C13H19N3O5S. The minimum atomic E-state index is -3.60. The fraction of sp³-hybridized carbons (Fsp3) is 0.538. The molecule has 122 valence electrons. The number of morpholine rings is 1. The second-order valence-electron chi connectivity index (χ2n) is 4.99. The summed E-state index contributed by atoms with van der Waals surface area (Å²) < 4.78 is 31.8. The summed E-state index contributed by atoms with van der Waals surface area (Å²) in [4.78, 5) is 12.4. The molecule has 0 amide bonds. The minimum Gasteiger partial charge on any atom is -0.379 e. The molecule has 1 saturated heterocycles. The fourth-order valence-corrected chi connectivity index (χ4v) is 3.41. The molecule has 0 saturated carbocycles. The molecule has 0 aromatic heterocycles. The molecule has 8 nitrogen and oxygen atoms in total. The summed E-state index contributed by atoms with van der Waals surface area (Å²) in [5, 5.41) is 10.9. The van der Waals surface area contributed by atoms with Gasteiger partial charge in [-0.05, 0) is 0 Å². The van der Waals surface area contributed by atoms with E-state index in [0.717, 1.165) is 13.1 Å². The van der Waals surface area contributed by atoms with Gasteiger partial charge < -0.3 is 4.74 Å². The quantitative estimate of drug-likeness (QED) is 0.572. The normalized spacial score (nSPS) is 16.5. The number of nitrogens with one attached hydrogen (secondary N) is 1. The Hall–Kier alpha value is -1.55. The van der Waals surface area contributed by atoms with E-state index in [9.17, 15) is 18.5 Å². The van der Waals surface area contributed by atoms with Crippen LogP contribution in [0, 0.1) is 10.1 Å². The minimum absolute atomic E-state index is 0.180. The first kappa shape index (κ1) is 16.8. The van der Waals surface area contributed by atoms with Crippen molar-refractivity contribution in [1.29, 1.82) is 0 Å². The highest BCUT2D eigenvalue weighted by molar-refractivity contribution is 7.88. The maximum atomic E-state index is 12.0. The van der Waals surface area contributed by atoms with Crippen LogP contribution in [-0.2, 0) is 20.5 Å². The van der Waals surface area contributed by atoms with E-state index in [1.165, 1.54) is 18.2 Å². The summed E-state index contributed by atoms with van der Waals surface area (Å²) >= 11 is 0. The van der Waals surface area contributed by atoms with Crippen molar-refractivity contribution in [3.63, 3.8) is 0 Å². The van der Waals surface area contributed by atoms with Gasteiger partial charge in [0.1, 0.15) is 0 Å². The van der Waals surface area contributed by atoms with Crippen molar-refractivity contribution in [2.75, 3.05) is 39.4 Å². The zero-order valence-electron chi connectivity index (χ0n) is 12.1. The smallest absolute Gasteiger partial charge is 0.273 e. The lowest BCUT2D eigenvalue weighted by molar-refractivity contribution is -0.385. The monoisotopic (exact) mass is 329 g/mol. The van der Waals surface area contributed by atoms with E-state index < -0.39 is 20.7 Å². The third-order valence-corrected chi connectivity index (χ3v) is 4.72. The second-order valence-corrected chi connectivity index (χ2v) is 6.80. The molecule has 1 aromatic rings. The Labute approximate surface area is 129 Å². The molecule has 0 atom stereocenters. The Bertz CT molecular complexity index is 614. The van der Waals surface area contributed by atoms with Crippen LogP contribution in [0.2, 0.25) is 0 Å². The molecule has 0 radical (unpaired) electrons. The molecular weight excluding hydrogens is 310 g/mol. The zero-order chi connectivity index (χ0) is 16.0. The van der Waals surface area contributed by atoms with Crippen molar-refractivity contribution in [3.05, 3.63) is 39.9 Å². The average molecular weight is 329 g/mol. The predicted octanol–water partition coefficient (Wildman–Crippen LogP) is 0.346. The lowest BCUT2D eigenvalue weighted by Gasteiger charge is -2.26. The summed E-state index contributed by atoms with van der Waals surface area (Å²) in [5.74, 6) is -0.396. The molecule has 0 bridgehead atoms. The van der Waals surface area contributed by atoms with Gasteiger partial charge in [0.25, 0.3) is 5.69 Å². The molecule has 22 heavy (non-hydrogen) atoms. The molecule has 0 unspecified atom stereocenters. The Morgan fingerprint density at radius 2 is 1.95 bits per heavy atom. The van der Waals surface area contributed by atoms with Gasteiger partial charge in [-0.3, -0.25) is 15.0 Å². The van der Waals surface area contributed by atoms with Gasteiger partial charge in [0, 0.05) is 37.8 Å². The first-order valence-corrected chi connectivity index (χ1v) is 8.63. The lowest BCUT2D eigenvalue weighted by Crippen LogP contribution is -2.41. The molecule has 2 rings (SSSR count). The predicted molar refractivity (Wildman–Crippen MR) is 81.0 cm³/mol. The largest absolute Gasteiger partial charge is 0.379 e. The molecule has 0 spiro atoms. The molecule has 1 aliphatic rings. The maximum absolute atomic E-state index is 12.0. The average Bonchev–Trinajstić information content (AvgIpc) is 2.48. The van der Waals surface area contributed by atoms with Crippen molar-refractivity contribution in [1.82, 2.24) is 9.62 Å². The third-order valence-electron chi connectivity index (χ3n) is 3.39. The van der Waals surface area contributed by atoms with Crippen LogP contribution in [0.4, 0.5) is 5.69 Å². The SMILES string of the molecule is O=[N+]([O-])c1ccccc1CS(=O)(=O)NCCN1CCOCC1. The number of para-hydroxylation sites is 1. The van der Waals surface area contributed by atoms with Crippen molar-refractivity contribution in [3.8, 4) is 0 Å². The Kier molecular flexibility index (Phi) is 5.83. The van der Waals surface area contributed by atoms with Gasteiger partial charge in [-0.2, -0.15) is 0 Å². The molecule has 1 heterocycles. The number of ether oxygens (including phenoxy) is 1. The van der Waals surface area contributed by atoms with Crippen LogP contribution < -0.4 is 4.72 Å². The zero-order valence-corrected chi connectivity index (χ0v) is 12.9. The summed E-state index contributed by atoms with van der Waals surface area (Å²) in [5.41, 5.74) is 0.00688. The fourth-order valence-electron chi connectivity index (χ4n) is 2.25. The van der Waals surface area contributed by atoms with Gasteiger partial charge in [0.2, 0.25) is 10.0 Å². The van der Waals surface area contributed by atoms with Crippen molar-refractivity contribution in [2.24, 2.45) is 0 Å². The number of benzene rings is 1. The van der Waals surface area contributed by atoms with Gasteiger partial charge in [-0.25, -0.2) is 13.1 Å². The van der Waals surface area contributed by atoms with E-state index in [0.29, 0.717) is 19.8 Å². The third kappa shape index (κ3) is 5.02. The molecule has 1 fully saturated rings. The Morgan fingerprint density at radius 3 is 2.64 bits per heavy atom. The van der Waals surface area contributed by atoms with Crippen molar-refractivity contribution in [2.45, 2.75) is 5.75 Å². The van der Waals surface area contributed by atoms with Crippen LogP contribution >= 0.6 is 0 Å². The van der Waals surface area contributed by atoms with Crippen molar-refractivity contribution < 1.29 is 18.1 Å². The van der Waals surface area contributed by atoms with Crippen LogP contribution in [-0.4, -0.2) is 57.6 Å². The molecule has 1 aliphatic heterocycles. The first-order chi connectivity index (χ1) is 10.5. The highest BCUT2D eigenvalue weighted by Crippen LogP contribution is 2.19. The molecule has 1 aromatic carbocycles. The van der Waals surface area contributed by atoms with E-state index in [-0.39, 0.29) is 17.8 Å². The van der Waals surface area contributed by atoms with Gasteiger partial charge >= 0.3 is 0 Å². The maximum Gasteiger partial charge on any atom is 0.273 e. The summed E-state index contributed by atoms with van der Waals surface area (Å²) in [6.45, 7) is 3.76. The van der Waals surface area contributed by atoms with Gasteiger partial charge in [0.05, 0.1) is 23.9 Å². The van der Waals surface area contributed by atoms with E-state index in [4.69, 9.17) is 4.74 Å². The van der Waals surface area contributed by atoms with E-state index >= 15 is 0 Å². The summed E-state index contributed by atoms with van der Waals surface area (Å²) in [7, 11) is -3.60. The van der Waals surface area contributed by atoms with E-state index in [1.807, 2.05) is 0 Å². The first-order valence-electron chi connectivity index (χ1n) is 6.98. The number of rotatable bonds is 7. The highest BCUT2D eigenvalue weighted by atomic mass is 32.2. The number of nitrogens with zero attached hydrogens (tertiary/aromatic N) is 2. The van der Waals surface area contributed by atoms with E-state index in [1.54, 1.807) is 6.07 Å². The Morgan fingerprint density at radius 1 is 1.27 bits per heavy atom. The Balaban J connectivity index is 1.89. The standard InChI is InChI=1S/C13H19N3O5S/c17-16(18)13-4-2-1-3-12(13)11-22(19,20)14-5-6-15-7-9-21-10-8-15/h1-4,14H,5-11H2. The summed E-state index contributed by atoms with van der Waals surface area (Å²) in [6, 6.07) is 5.86. The van der Waals surface area contributed by atoms with Crippen LogP contribution in [0.5, 0.6) is 0 Å². The summed E-state index contributed by atoms with van der Waals surface area (Å²) in [6.07, 6.45) is 0. The second kappa shape index (κ2) is 7.63. The van der Waals surface area contributed by atoms with Gasteiger partial charge in [0.15, 0.2) is 0 Å². The lowest BCUT2D eigenvalue weighted by atomic mass is 10.2. The molecule has 9 heteroatoms. The number of nitro groups is 1. The van der Waals surface area contributed by atoms with Crippen molar-refractivity contribution >= 4 is 15.7 Å². The molecule has 1 N–H and O–H groups in total. The molecule has 0 aliphatic carbocycles. The number of hydrogen-bond acceptors (Lipinski definition) is 6. The van der Waals surface area contributed by atoms with Gasteiger partial charge in [-0.1, -0.05) is 18.2 Å². The number of sulfonamides is 1. The van der Waals surface area contributed by atoms with E-state index in [2.05, 4.69) is 9.62 Å².